The summed E-state index contributed by atoms with van der Waals surface area (Å²) in [4.78, 5) is 0. The number of hydrogen-bond donors (Lipinski definition) is 2. The second kappa shape index (κ2) is 3.91. The van der Waals surface area contributed by atoms with Crippen molar-refractivity contribution < 1.29 is 5.11 Å². The van der Waals surface area contributed by atoms with Gasteiger partial charge in [0.25, 0.3) is 0 Å². The highest BCUT2D eigenvalue weighted by molar-refractivity contribution is 5.99. The Balaban J connectivity index is 2.27. The van der Waals surface area contributed by atoms with Crippen molar-refractivity contribution in [3.63, 3.8) is 0 Å². The number of nitrogens with two attached hydrogens (primary N) is 1. The zero-order chi connectivity index (χ0) is 12.7. The summed E-state index contributed by atoms with van der Waals surface area (Å²) in [5.74, 6) is 0.398. The third-order valence-corrected chi connectivity index (χ3v) is 3.50. The fourth-order valence-corrected chi connectivity index (χ4v) is 2.69. The molecule has 0 bridgehead atoms. The highest BCUT2D eigenvalue weighted by atomic mass is 16.3. The van der Waals surface area contributed by atoms with Gasteiger partial charge in [-0.3, -0.25) is 0 Å². The predicted molar refractivity (Wildman–Crippen MR) is 76.5 cm³/mol. The number of benzene rings is 2. The first kappa shape index (κ1) is 10.9. The first-order chi connectivity index (χ1) is 8.66. The molecule has 0 amide bonds. The minimum atomic E-state index is 0.181. The van der Waals surface area contributed by atoms with Crippen molar-refractivity contribution >= 4 is 22.5 Å². The van der Waals surface area contributed by atoms with Gasteiger partial charge in [0, 0.05) is 23.6 Å². The number of allylic oxidation sites excluding steroid dienone is 2. The van der Waals surface area contributed by atoms with E-state index in [0.717, 1.165) is 11.3 Å². The lowest BCUT2D eigenvalue weighted by Crippen LogP contribution is -2.04. The van der Waals surface area contributed by atoms with Gasteiger partial charge in [0.15, 0.2) is 0 Å². The van der Waals surface area contributed by atoms with Crippen molar-refractivity contribution in [3.8, 4) is 0 Å². The van der Waals surface area contributed by atoms with Crippen LogP contribution in [0.1, 0.15) is 23.5 Å². The van der Waals surface area contributed by atoms with Crippen LogP contribution in [0.25, 0.3) is 16.8 Å². The summed E-state index contributed by atoms with van der Waals surface area (Å²) >= 11 is 0. The van der Waals surface area contributed by atoms with Crippen molar-refractivity contribution in [1.29, 1.82) is 0 Å². The van der Waals surface area contributed by atoms with Crippen molar-refractivity contribution in [3.05, 3.63) is 59.9 Å². The van der Waals surface area contributed by atoms with Crippen LogP contribution in [0.4, 0.5) is 5.69 Å². The molecule has 0 saturated heterocycles. The lowest BCUT2D eigenvalue weighted by Gasteiger charge is -2.21. The van der Waals surface area contributed by atoms with Crippen LogP contribution in [-0.4, -0.2) is 5.11 Å². The molecule has 2 nitrogen and oxygen atoms in total. The molecule has 2 aromatic carbocycles. The van der Waals surface area contributed by atoms with Gasteiger partial charge in [-0.2, -0.15) is 0 Å². The maximum atomic E-state index is 9.41. The van der Waals surface area contributed by atoms with Gasteiger partial charge in [0.2, 0.25) is 0 Å². The minimum Gasteiger partial charge on any atom is -0.513 e. The van der Waals surface area contributed by atoms with E-state index in [1.165, 1.54) is 16.3 Å². The molecule has 0 heterocycles. The number of aliphatic hydroxyl groups is 1. The average Bonchev–Trinajstić information content (AvgIpc) is 2.35. The number of rotatable bonds is 2. The fourth-order valence-electron chi connectivity index (χ4n) is 2.69. The van der Waals surface area contributed by atoms with E-state index in [9.17, 15) is 5.11 Å². The monoisotopic (exact) mass is 237 g/mol. The summed E-state index contributed by atoms with van der Waals surface area (Å²) in [6, 6.07) is 10.2. The van der Waals surface area contributed by atoms with Crippen LogP contribution in [-0.2, 0) is 0 Å². The van der Waals surface area contributed by atoms with Crippen molar-refractivity contribution in [2.45, 2.75) is 12.3 Å². The van der Waals surface area contributed by atoms with Gasteiger partial charge >= 0.3 is 0 Å². The molecule has 0 fully saturated rings. The largest absolute Gasteiger partial charge is 0.513 e. The first-order valence-electron chi connectivity index (χ1n) is 6.03. The second-order valence-electron chi connectivity index (χ2n) is 4.75. The Hall–Kier alpha value is -2.22. The molecule has 0 aromatic heterocycles. The molecule has 0 radical (unpaired) electrons. The molecule has 90 valence electrons. The smallest absolute Gasteiger partial charge is 0.0860 e. The molecule has 2 heteroatoms. The molecule has 3 N–H and O–H groups in total. The summed E-state index contributed by atoms with van der Waals surface area (Å²) in [5, 5.41) is 11.8. The zero-order valence-corrected chi connectivity index (χ0v) is 10.1. The number of hydrogen-bond acceptors (Lipinski definition) is 2. The van der Waals surface area contributed by atoms with Gasteiger partial charge in [0.1, 0.15) is 0 Å². The number of aliphatic hydroxyl groups excluding tert-OH is 1. The molecular weight excluding hydrogens is 222 g/mol. The van der Waals surface area contributed by atoms with Gasteiger partial charge in [-0.25, -0.2) is 0 Å². The Kier molecular flexibility index (Phi) is 2.37. The van der Waals surface area contributed by atoms with E-state index in [1.54, 1.807) is 0 Å². The Morgan fingerprint density at radius 3 is 2.89 bits per heavy atom. The molecule has 0 saturated carbocycles. The first-order valence-corrected chi connectivity index (χ1v) is 6.03. The van der Waals surface area contributed by atoms with Crippen molar-refractivity contribution in [1.82, 2.24) is 0 Å². The van der Waals surface area contributed by atoms with Crippen LogP contribution >= 0.6 is 0 Å². The van der Waals surface area contributed by atoms with Gasteiger partial charge in [-0.1, -0.05) is 43.0 Å². The van der Waals surface area contributed by atoms with Crippen LogP contribution in [0.5, 0.6) is 0 Å². The summed E-state index contributed by atoms with van der Waals surface area (Å²) in [6.45, 7) is 3.58. The van der Waals surface area contributed by atoms with E-state index >= 15 is 0 Å². The van der Waals surface area contributed by atoms with Crippen LogP contribution in [0, 0.1) is 0 Å². The zero-order valence-electron chi connectivity index (χ0n) is 10.1. The Labute approximate surface area is 106 Å². The van der Waals surface area contributed by atoms with Crippen LogP contribution in [0.2, 0.25) is 0 Å². The Morgan fingerprint density at radius 2 is 2.11 bits per heavy atom. The molecule has 18 heavy (non-hydrogen) atoms. The minimum absolute atomic E-state index is 0.181. The van der Waals surface area contributed by atoms with Gasteiger partial charge in [-0.15, -0.1) is 0 Å². The quantitative estimate of drug-likeness (QED) is 0.612. The highest BCUT2D eigenvalue weighted by Gasteiger charge is 2.19. The topological polar surface area (TPSA) is 46.2 Å². The maximum absolute atomic E-state index is 9.41. The normalized spacial score (nSPS) is 17.0. The van der Waals surface area contributed by atoms with Crippen molar-refractivity contribution in [2.75, 3.05) is 5.73 Å². The molecule has 0 spiro atoms. The lowest BCUT2D eigenvalue weighted by molar-refractivity contribution is 0.385. The van der Waals surface area contributed by atoms with E-state index in [4.69, 9.17) is 5.73 Å². The lowest BCUT2D eigenvalue weighted by atomic mass is 9.83. The summed E-state index contributed by atoms with van der Waals surface area (Å²) in [6.07, 6.45) is 4.71. The predicted octanol–water partition coefficient (Wildman–Crippen LogP) is 3.99. The summed E-state index contributed by atoms with van der Waals surface area (Å²) < 4.78 is 0. The molecule has 1 aliphatic carbocycles. The molecule has 3 rings (SSSR count). The maximum Gasteiger partial charge on any atom is 0.0860 e. The van der Waals surface area contributed by atoms with Crippen LogP contribution in [0.3, 0.4) is 0 Å². The molecule has 2 aromatic rings. The van der Waals surface area contributed by atoms with Crippen LogP contribution < -0.4 is 5.73 Å². The molecular formula is C16H15NO. The SMILES string of the molecule is C=C(O)CC1C=Cc2c(N)ccc3cccc1c23. The van der Waals surface area contributed by atoms with Gasteiger partial charge in [0.05, 0.1) is 5.76 Å². The molecule has 1 aliphatic rings. The molecule has 1 unspecified atom stereocenters. The Morgan fingerprint density at radius 1 is 1.28 bits per heavy atom. The van der Waals surface area contributed by atoms with E-state index in [1.807, 2.05) is 18.2 Å². The average molecular weight is 237 g/mol. The summed E-state index contributed by atoms with van der Waals surface area (Å²) in [7, 11) is 0. The van der Waals surface area contributed by atoms with E-state index in [0.29, 0.717) is 6.42 Å². The fraction of sp³-hybridized carbons (Fsp3) is 0.125. The third kappa shape index (κ3) is 1.58. The van der Waals surface area contributed by atoms with E-state index in [-0.39, 0.29) is 11.7 Å². The highest BCUT2D eigenvalue weighted by Crippen LogP contribution is 2.39. The van der Waals surface area contributed by atoms with Crippen LogP contribution in [0.15, 0.2) is 48.7 Å². The number of anilines is 1. The second-order valence-corrected chi connectivity index (χ2v) is 4.75. The van der Waals surface area contributed by atoms with E-state index in [2.05, 4.69) is 30.9 Å². The number of nitrogen functional groups attached to an aromatic ring is 1. The standard InChI is InChI=1S/C16H15NO/c1-10(18)9-12-5-7-14-15(17)8-6-11-3-2-4-13(12)16(11)14/h2-8,12,18H,1,9,17H2. The molecule has 1 atom stereocenters. The van der Waals surface area contributed by atoms with Gasteiger partial charge < -0.3 is 10.8 Å². The van der Waals surface area contributed by atoms with Crippen molar-refractivity contribution in [2.24, 2.45) is 0 Å². The third-order valence-electron chi connectivity index (χ3n) is 3.50. The van der Waals surface area contributed by atoms with Gasteiger partial charge in [-0.05, 0) is 22.4 Å². The Bertz CT molecular complexity index is 670. The van der Waals surface area contributed by atoms with E-state index < -0.39 is 0 Å². The summed E-state index contributed by atoms with van der Waals surface area (Å²) in [5.41, 5.74) is 9.13. The molecule has 0 aliphatic heterocycles.